The molecular weight excluding hydrogens is 234 g/mol. The number of anilines is 1. The second kappa shape index (κ2) is 9.48. The largest absolute Gasteiger partial charge is 0.497 e. The smallest absolute Gasteiger partial charge is 0.119 e. The summed E-state index contributed by atoms with van der Waals surface area (Å²) >= 11 is 0. The third-order valence-corrected chi connectivity index (χ3v) is 3.32. The minimum Gasteiger partial charge on any atom is -0.497 e. The number of rotatable bonds is 10. The Hall–Kier alpha value is -1.44. The molecule has 0 radical (unpaired) electrons. The summed E-state index contributed by atoms with van der Waals surface area (Å²) in [5, 5.41) is 0. The lowest BCUT2D eigenvalue weighted by molar-refractivity contribution is 0.415. The molecule has 1 aromatic rings. The van der Waals surface area contributed by atoms with E-state index in [-0.39, 0.29) is 0 Å². The van der Waals surface area contributed by atoms with Gasteiger partial charge in [-0.25, -0.2) is 0 Å². The summed E-state index contributed by atoms with van der Waals surface area (Å²) in [6.07, 6.45) is 8.54. The monoisotopic (exact) mass is 261 g/mol. The van der Waals surface area contributed by atoms with Gasteiger partial charge in [0, 0.05) is 18.8 Å². The SMILES string of the molecule is C=CCN(CCCCCCC)c1ccc(OC)cc1. The van der Waals surface area contributed by atoms with Crippen molar-refractivity contribution < 1.29 is 4.74 Å². The van der Waals surface area contributed by atoms with Crippen LogP contribution in [0.1, 0.15) is 39.0 Å². The standard InChI is InChI=1S/C17H27NO/c1-4-6-7-8-9-15-18(14-5-2)16-10-12-17(19-3)13-11-16/h5,10-13H,2,4,6-9,14-15H2,1,3H3. The van der Waals surface area contributed by atoms with Gasteiger partial charge in [-0.3, -0.25) is 0 Å². The van der Waals surface area contributed by atoms with Crippen LogP contribution in [0.3, 0.4) is 0 Å². The Bertz CT molecular complexity index is 345. The van der Waals surface area contributed by atoms with Crippen molar-refractivity contribution >= 4 is 5.69 Å². The Morgan fingerprint density at radius 3 is 2.37 bits per heavy atom. The van der Waals surface area contributed by atoms with Crippen LogP contribution in [0.4, 0.5) is 5.69 Å². The van der Waals surface area contributed by atoms with Gasteiger partial charge in [-0.1, -0.05) is 38.7 Å². The molecule has 0 spiro atoms. The van der Waals surface area contributed by atoms with E-state index in [0.717, 1.165) is 18.8 Å². The van der Waals surface area contributed by atoms with Gasteiger partial charge in [-0.15, -0.1) is 6.58 Å². The molecule has 0 atom stereocenters. The molecule has 0 unspecified atom stereocenters. The van der Waals surface area contributed by atoms with E-state index in [0.29, 0.717) is 0 Å². The number of benzene rings is 1. The van der Waals surface area contributed by atoms with E-state index in [1.807, 2.05) is 18.2 Å². The summed E-state index contributed by atoms with van der Waals surface area (Å²) in [6, 6.07) is 8.27. The second-order valence-corrected chi connectivity index (χ2v) is 4.85. The molecule has 0 amide bonds. The molecular formula is C17H27NO. The number of hydrogen-bond acceptors (Lipinski definition) is 2. The van der Waals surface area contributed by atoms with E-state index in [1.54, 1.807) is 7.11 Å². The predicted molar refractivity (Wildman–Crippen MR) is 84.2 cm³/mol. The topological polar surface area (TPSA) is 12.5 Å². The first kappa shape index (κ1) is 15.6. The van der Waals surface area contributed by atoms with Crippen molar-refractivity contribution in [1.29, 1.82) is 0 Å². The lowest BCUT2D eigenvalue weighted by atomic mass is 10.1. The molecule has 0 saturated carbocycles. The van der Waals surface area contributed by atoms with E-state index in [2.05, 4.69) is 30.5 Å². The molecule has 2 nitrogen and oxygen atoms in total. The maximum absolute atomic E-state index is 5.20. The minimum absolute atomic E-state index is 0.903. The van der Waals surface area contributed by atoms with Crippen molar-refractivity contribution in [2.24, 2.45) is 0 Å². The molecule has 0 fully saturated rings. The Morgan fingerprint density at radius 2 is 1.79 bits per heavy atom. The first-order chi connectivity index (χ1) is 9.31. The molecule has 0 N–H and O–H groups in total. The van der Waals surface area contributed by atoms with Crippen LogP contribution in [-0.4, -0.2) is 20.2 Å². The van der Waals surface area contributed by atoms with E-state index < -0.39 is 0 Å². The van der Waals surface area contributed by atoms with Gasteiger partial charge in [0.2, 0.25) is 0 Å². The molecule has 0 aliphatic carbocycles. The van der Waals surface area contributed by atoms with E-state index in [9.17, 15) is 0 Å². The van der Waals surface area contributed by atoms with Crippen molar-refractivity contribution in [2.45, 2.75) is 39.0 Å². The van der Waals surface area contributed by atoms with Crippen LogP contribution >= 0.6 is 0 Å². The van der Waals surface area contributed by atoms with Crippen LogP contribution < -0.4 is 9.64 Å². The summed E-state index contributed by atoms with van der Waals surface area (Å²) in [5.41, 5.74) is 1.25. The molecule has 19 heavy (non-hydrogen) atoms. The van der Waals surface area contributed by atoms with Crippen LogP contribution in [0.2, 0.25) is 0 Å². The highest BCUT2D eigenvalue weighted by Gasteiger charge is 2.04. The molecule has 0 saturated heterocycles. The molecule has 1 rings (SSSR count). The molecule has 2 heteroatoms. The van der Waals surface area contributed by atoms with Crippen molar-refractivity contribution in [3.8, 4) is 5.75 Å². The molecule has 0 aliphatic rings. The van der Waals surface area contributed by atoms with Crippen LogP contribution in [0.15, 0.2) is 36.9 Å². The summed E-state index contributed by atoms with van der Waals surface area (Å²) in [7, 11) is 1.70. The van der Waals surface area contributed by atoms with E-state index >= 15 is 0 Å². The van der Waals surface area contributed by atoms with Crippen molar-refractivity contribution in [1.82, 2.24) is 0 Å². The number of nitrogens with zero attached hydrogens (tertiary/aromatic N) is 1. The van der Waals surface area contributed by atoms with Crippen LogP contribution in [0, 0.1) is 0 Å². The van der Waals surface area contributed by atoms with Crippen LogP contribution in [0.5, 0.6) is 5.75 Å². The second-order valence-electron chi connectivity index (χ2n) is 4.85. The zero-order valence-corrected chi connectivity index (χ0v) is 12.4. The molecule has 0 heterocycles. The third-order valence-electron chi connectivity index (χ3n) is 3.32. The van der Waals surface area contributed by atoms with Crippen molar-refractivity contribution in [2.75, 3.05) is 25.1 Å². The lowest BCUT2D eigenvalue weighted by Gasteiger charge is -2.23. The van der Waals surface area contributed by atoms with Gasteiger partial charge in [0.15, 0.2) is 0 Å². The van der Waals surface area contributed by atoms with E-state index in [1.165, 1.54) is 37.8 Å². The average molecular weight is 261 g/mol. The maximum atomic E-state index is 5.20. The fourth-order valence-electron chi connectivity index (χ4n) is 2.18. The molecule has 0 bridgehead atoms. The first-order valence-electron chi connectivity index (χ1n) is 7.31. The molecule has 106 valence electrons. The third kappa shape index (κ3) is 5.82. The van der Waals surface area contributed by atoms with Crippen LogP contribution in [0.25, 0.3) is 0 Å². The van der Waals surface area contributed by atoms with Gasteiger partial charge < -0.3 is 9.64 Å². The summed E-state index contributed by atoms with van der Waals surface area (Å²) < 4.78 is 5.20. The highest BCUT2D eigenvalue weighted by Crippen LogP contribution is 2.20. The summed E-state index contributed by atoms with van der Waals surface area (Å²) in [5.74, 6) is 0.908. The number of unbranched alkanes of at least 4 members (excludes halogenated alkanes) is 4. The Labute approximate surface area is 118 Å². The quantitative estimate of drug-likeness (QED) is 0.449. The Kier molecular flexibility index (Phi) is 7.80. The van der Waals surface area contributed by atoms with Crippen molar-refractivity contribution in [3.05, 3.63) is 36.9 Å². The van der Waals surface area contributed by atoms with Gasteiger partial charge in [0.25, 0.3) is 0 Å². The fraction of sp³-hybridized carbons (Fsp3) is 0.529. The normalized spacial score (nSPS) is 10.2. The number of methoxy groups -OCH3 is 1. The zero-order valence-electron chi connectivity index (χ0n) is 12.4. The van der Waals surface area contributed by atoms with Gasteiger partial charge in [-0.2, -0.15) is 0 Å². The highest BCUT2D eigenvalue weighted by atomic mass is 16.5. The zero-order chi connectivity index (χ0) is 13.9. The van der Waals surface area contributed by atoms with Crippen molar-refractivity contribution in [3.63, 3.8) is 0 Å². The minimum atomic E-state index is 0.903. The van der Waals surface area contributed by atoms with Gasteiger partial charge >= 0.3 is 0 Å². The fourth-order valence-corrected chi connectivity index (χ4v) is 2.18. The van der Waals surface area contributed by atoms with Gasteiger partial charge in [0.05, 0.1) is 7.11 Å². The summed E-state index contributed by atoms with van der Waals surface area (Å²) in [6.45, 7) is 8.10. The molecule has 0 aromatic heterocycles. The Morgan fingerprint density at radius 1 is 1.11 bits per heavy atom. The van der Waals surface area contributed by atoms with Crippen LogP contribution in [-0.2, 0) is 0 Å². The molecule has 0 aliphatic heterocycles. The number of hydrogen-bond donors (Lipinski definition) is 0. The Balaban J connectivity index is 2.48. The highest BCUT2D eigenvalue weighted by molar-refractivity contribution is 5.49. The maximum Gasteiger partial charge on any atom is 0.119 e. The average Bonchev–Trinajstić information content (AvgIpc) is 2.46. The lowest BCUT2D eigenvalue weighted by Crippen LogP contribution is -2.24. The van der Waals surface area contributed by atoms with E-state index in [4.69, 9.17) is 4.74 Å². The molecule has 1 aromatic carbocycles. The summed E-state index contributed by atoms with van der Waals surface area (Å²) in [4.78, 5) is 2.37. The predicted octanol–water partition coefficient (Wildman–Crippen LogP) is 4.66. The number of ether oxygens (including phenoxy) is 1. The van der Waals surface area contributed by atoms with Gasteiger partial charge in [-0.05, 0) is 30.7 Å². The van der Waals surface area contributed by atoms with Gasteiger partial charge in [0.1, 0.15) is 5.75 Å². The first-order valence-corrected chi connectivity index (χ1v) is 7.31.